The number of anilines is 1. The summed E-state index contributed by atoms with van der Waals surface area (Å²) < 4.78 is 1.90. The third kappa shape index (κ3) is 5.42. The van der Waals surface area contributed by atoms with Crippen molar-refractivity contribution >= 4 is 17.6 Å². The summed E-state index contributed by atoms with van der Waals surface area (Å²) in [5.41, 5.74) is 1.07. The highest BCUT2D eigenvalue weighted by Gasteiger charge is 2.11. The fourth-order valence-electron chi connectivity index (χ4n) is 2.23. The van der Waals surface area contributed by atoms with Crippen molar-refractivity contribution in [3.8, 4) is 0 Å². The van der Waals surface area contributed by atoms with Crippen molar-refractivity contribution in [2.75, 3.05) is 5.32 Å². The van der Waals surface area contributed by atoms with Crippen LogP contribution < -0.4 is 16.0 Å². The van der Waals surface area contributed by atoms with Crippen LogP contribution in [0.1, 0.15) is 31.1 Å². The van der Waals surface area contributed by atoms with Gasteiger partial charge in [-0.25, -0.2) is 9.78 Å². The Labute approximate surface area is 141 Å². The number of imidazole rings is 1. The molecule has 0 unspecified atom stereocenters. The molecule has 0 radical (unpaired) electrons. The van der Waals surface area contributed by atoms with Crippen molar-refractivity contribution in [3.63, 3.8) is 0 Å². The van der Waals surface area contributed by atoms with Crippen molar-refractivity contribution in [1.82, 2.24) is 20.2 Å². The topological polar surface area (TPSA) is 88.0 Å². The Kier molecular flexibility index (Phi) is 5.95. The van der Waals surface area contributed by atoms with Gasteiger partial charge in [-0.3, -0.25) is 4.79 Å². The van der Waals surface area contributed by atoms with Gasteiger partial charge in [0.05, 0.1) is 6.33 Å². The molecule has 1 heterocycles. The van der Waals surface area contributed by atoms with Gasteiger partial charge in [-0.2, -0.15) is 0 Å². The summed E-state index contributed by atoms with van der Waals surface area (Å²) >= 11 is 0. The molecule has 0 saturated carbocycles. The van der Waals surface area contributed by atoms with E-state index in [9.17, 15) is 9.59 Å². The first-order valence-electron chi connectivity index (χ1n) is 7.88. The number of rotatable bonds is 6. The number of nitrogens with zero attached hydrogens (tertiary/aromatic N) is 2. The Morgan fingerprint density at radius 1 is 1.21 bits per heavy atom. The Balaban J connectivity index is 1.94. The highest BCUT2D eigenvalue weighted by atomic mass is 16.2. The molecular weight excluding hydrogens is 306 g/mol. The molecule has 0 aliphatic rings. The number of aromatic nitrogens is 2. The molecule has 3 amide bonds. The summed E-state index contributed by atoms with van der Waals surface area (Å²) in [6, 6.07) is 6.54. The molecule has 2 rings (SSSR count). The highest BCUT2D eigenvalue weighted by molar-refractivity contribution is 5.97. The molecule has 0 saturated heterocycles. The zero-order valence-electron chi connectivity index (χ0n) is 14.1. The summed E-state index contributed by atoms with van der Waals surface area (Å²) in [4.78, 5) is 28.0. The van der Waals surface area contributed by atoms with E-state index < -0.39 is 0 Å². The number of hydrogen-bond donors (Lipinski definition) is 3. The maximum Gasteiger partial charge on any atom is 0.319 e. The second kappa shape index (κ2) is 8.14. The maximum atomic E-state index is 12.3. The van der Waals surface area contributed by atoms with Gasteiger partial charge in [0.25, 0.3) is 5.91 Å². The Morgan fingerprint density at radius 2 is 2.00 bits per heavy atom. The molecule has 0 bridgehead atoms. The van der Waals surface area contributed by atoms with Gasteiger partial charge in [-0.05, 0) is 39.0 Å². The SMILES string of the molecule is CC(C)NC(=O)Nc1cccc(C(=O)N[C@H](C)Cn2ccnc2)c1. The molecule has 7 heteroatoms. The van der Waals surface area contributed by atoms with Crippen LogP contribution in [0.3, 0.4) is 0 Å². The molecule has 0 aliphatic carbocycles. The van der Waals surface area contributed by atoms with Crippen LogP contribution in [0.25, 0.3) is 0 Å². The van der Waals surface area contributed by atoms with E-state index in [1.54, 1.807) is 36.8 Å². The Bertz CT molecular complexity index is 682. The molecule has 0 spiro atoms. The number of carbonyl (C=O) groups excluding carboxylic acids is 2. The van der Waals surface area contributed by atoms with Crippen LogP contribution in [0.4, 0.5) is 10.5 Å². The van der Waals surface area contributed by atoms with E-state index in [2.05, 4.69) is 20.9 Å². The van der Waals surface area contributed by atoms with Gasteiger partial charge in [-0.1, -0.05) is 6.07 Å². The summed E-state index contributed by atoms with van der Waals surface area (Å²) in [6.07, 6.45) is 5.26. The van der Waals surface area contributed by atoms with Gasteiger partial charge in [0.2, 0.25) is 0 Å². The molecule has 0 aliphatic heterocycles. The Hall–Kier alpha value is -2.83. The minimum atomic E-state index is -0.295. The third-order valence-electron chi connectivity index (χ3n) is 3.22. The molecular formula is C17H23N5O2. The fourth-order valence-corrected chi connectivity index (χ4v) is 2.23. The van der Waals surface area contributed by atoms with Crippen molar-refractivity contribution in [3.05, 3.63) is 48.5 Å². The predicted octanol–water partition coefficient (Wildman–Crippen LogP) is 2.23. The van der Waals surface area contributed by atoms with Gasteiger partial charge >= 0.3 is 6.03 Å². The van der Waals surface area contributed by atoms with Crippen LogP contribution in [0.2, 0.25) is 0 Å². The van der Waals surface area contributed by atoms with Gasteiger partial charge in [0.1, 0.15) is 0 Å². The van der Waals surface area contributed by atoms with E-state index in [1.165, 1.54) is 0 Å². The minimum absolute atomic E-state index is 0.0421. The lowest BCUT2D eigenvalue weighted by Crippen LogP contribution is -2.36. The van der Waals surface area contributed by atoms with Crippen molar-refractivity contribution in [1.29, 1.82) is 0 Å². The highest BCUT2D eigenvalue weighted by Crippen LogP contribution is 2.11. The number of benzene rings is 1. The average molecular weight is 329 g/mol. The third-order valence-corrected chi connectivity index (χ3v) is 3.22. The van der Waals surface area contributed by atoms with Gasteiger partial charge in [0.15, 0.2) is 0 Å². The normalized spacial score (nSPS) is 11.8. The van der Waals surface area contributed by atoms with Crippen LogP contribution in [0.5, 0.6) is 0 Å². The van der Waals surface area contributed by atoms with Crippen LogP contribution in [0.15, 0.2) is 43.0 Å². The number of carbonyl (C=O) groups is 2. The largest absolute Gasteiger partial charge is 0.348 e. The van der Waals surface area contributed by atoms with Crippen molar-refractivity contribution in [2.24, 2.45) is 0 Å². The van der Waals surface area contributed by atoms with E-state index in [0.29, 0.717) is 17.8 Å². The zero-order chi connectivity index (χ0) is 17.5. The molecule has 1 atom stereocenters. The van der Waals surface area contributed by atoms with Crippen molar-refractivity contribution < 1.29 is 9.59 Å². The lowest BCUT2D eigenvalue weighted by atomic mass is 10.1. The lowest BCUT2D eigenvalue weighted by molar-refractivity contribution is 0.0936. The minimum Gasteiger partial charge on any atom is -0.348 e. The van der Waals surface area contributed by atoms with Gasteiger partial charge in [-0.15, -0.1) is 0 Å². The first kappa shape index (κ1) is 17.5. The van der Waals surface area contributed by atoms with Gasteiger partial charge < -0.3 is 20.5 Å². The first-order valence-corrected chi connectivity index (χ1v) is 7.88. The van der Waals surface area contributed by atoms with Crippen molar-refractivity contribution in [2.45, 2.75) is 39.4 Å². The van der Waals surface area contributed by atoms with Crippen LogP contribution in [0, 0.1) is 0 Å². The summed E-state index contributed by atoms with van der Waals surface area (Å²) in [6.45, 7) is 6.33. The second-order valence-corrected chi connectivity index (χ2v) is 5.97. The second-order valence-electron chi connectivity index (χ2n) is 5.97. The number of urea groups is 1. The van der Waals surface area contributed by atoms with E-state index in [0.717, 1.165) is 0 Å². The molecule has 1 aromatic carbocycles. The van der Waals surface area contributed by atoms with Crippen LogP contribution in [-0.2, 0) is 6.54 Å². The zero-order valence-corrected chi connectivity index (χ0v) is 14.1. The monoisotopic (exact) mass is 329 g/mol. The quantitative estimate of drug-likeness (QED) is 0.759. The summed E-state index contributed by atoms with van der Waals surface area (Å²) in [5, 5.41) is 8.38. The van der Waals surface area contributed by atoms with E-state index in [1.807, 2.05) is 31.5 Å². The molecule has 24 heavy (non-hydrogen) atoms. The van der Waals surface area contributed by atoms with E-state index >= 15 is 0 Å². The van der Waals surface area contributed by atoms with E-state index in [4.69, 9.17) is 0 Å². The number of amides is 3. The summed E-state index contributed by atoms with van der Waals surface area (Å²) in [5.74, 6) is -0.185. The molecule has 128 valence electrons. The van der Waals surface area contributed by atoms with Crippen LogP contribution >= 0.6 is 0 Å². The molecule has 0 fully saturated rings. The summed E-state index contributed by atoms with van der Waals surface area (Å²) in [7, 11) is 0. The number of nitrogens with one attached hydrogen (secondary N) is 3. The maximum absolute atomic E-state index is 12.3. The predicted molar refractivity (Wildman–Crippen MR) is 92.9 cm³/mol. The average Bonchev–Trinajstić information content (AvgIpc) is 2.99. The smallest absolute Gasteiger partial charge is 0.319 e. The van der Waals surface area contributed by atoms with Gasteiger partial charge in [0, 0.05) is 42.3 Å². The Morgan fingerprint density at radius 3 is 2.67 bits per heavy atom. The first-order chi connectivity index (χ1) is 11.4. The standard InChI is InChI=1S/C17H23N5O2/c1-12(2)19-17(24)21-15-6-4-5-14(9-15)16(23)20-13(3)10-22-8-7-18-11-22/h4-9,11-13H,10H2,1-3H3,(H,20,23)(H2,19,21,24)/t13-/m1/s1. The molecule has 7 nitrogen and oxygen atoms in total. The number of hydrogen-bond acceptors (Lipinski definition) is 3. The lowest BCUT2D eigenvalue weighted by Gasteiger charge is -2.15. The molecule has 1 aromatic heterocycles. The fraction of sp³-hybridized carbons (Fsp3) is 0.353. The van der Waals surface area contributed by atoms with Crippen LogP contribution in [-0.4, -0.2) is 33.6 Å². The molecule has 2 aromatic rings. The van der Waals surface area contributed by atoms with E-state index in [-0.39, 0.29) is 24.0 Å². The molecule has 3 N–H and O–H groups in total.